The van der Waals surface area contributed by atoms with Gasteiger partial charge in [0.1, 0.15) is 0 Å². The molecule has 1 saturated carbocycles. The van der Waals surface area contributed by atoms with Crippen molar-refractivity contribution in [2.24, 2.45) is 5.92 Å². The first-order chi connectivity index (χ1) is 5.93. The topological polar surface area (TPSA) is 110 Å². The fourth-order valence-electron chi connectivity index (χ4n) is 1.37. The maximum absolute atomic E-state index is 7.87. The lowest BCUT2D eigenvalue weighted by Crippen LogP contribution is -2.01. The number of thiol groups is 1. The van der Waals surface area contributed by atoms with E-state index in [0.29, 0.717) is 0 Å². The van der Waals surface area contributed by atoms with E-state index >= 15 is 0 Å². The molecular weight excluding hydrogens is 251 g/mol. The first-order valence-electron chi connectivity index (χ1n) is 4.34. The van der Waals surface area contributed by atoms with Crippen molar-refractivity contribution < 1.29 is 9.79 Å². The van der Waals surface area contributed by atoms with Gasteiger partial charge in [-0.3, -0.25) is 0 Å². The van der Waals surface area contributed by atoms with E-state index in [9.17, 15) is 0 Å². The van der Waals surface area contributed by atoms with Crippen LogP contribution in [0.4, 0.5) is 0 Å². The summed E-state index contributed by atoms with van der Waals surface area (Å²) in [4.78, 5) is 15.7. The molecule has 7 heteroatoms. The number of hydrogen-bond donors (Lipinski definition) is 5. The molecule has 4 nitrogen and oxygen atoms in total. The van der Waals surface area contributed by atoms with Crippen LogP contribution in [0.2, 0.25) is 0 Å². The van der Waals surface area contributed by atoms with Crippen LogP contribution < -0.4 is 12.3 Å². The Kier molecular flexibility index (Phi) is 15.5. The highest BCUT2D eigenvalue weighted by Crippen LogP contribution is 2.39. The molecule has 8 N–H and O–H groups in total. The minimum absolute atomic E-state index is 0. The molecule has 0 aliphatic heterocycles. The molecule has 0 aromatic carbocycles. The van der Waals surface area contributed by atoms with Gasteiger partial charge in [0.2, 0.25) is 5.69 Å². The second-order valence-electron chi connectivity index (χ2n) is 3.15. The van der Waals surface area contributed by atoms with Crippen molar-refractivity contribution in [1.82, 2.24) is 12.3 Å². The van der Waals surface area contributed by atoms with Crippen molar-refractivity contribution in [3.63, 3.8) is 0 Å². The standard InChI is InChI=1S/C8H14.2H3N.H3O2PS2/c1-2-8-6-4-3-5-7-8;;;1-3(2,4)5/h2,8H,1,3-7H2;2*1H3;(H3,1,2,4,5). The third-order valence-electron chi connectivity index (χ3n) is 1.98. The van der Waals surface area contributed by atoms with Gasteiger partial charge in [0.05, 0.1) is 0 Å². The summed E-state index contributed by atoms with van der Waals surface area (Å²) in [6, 6.07) is 0. The first kappa shape index (κ1) is 20.9. The van der Waals surface area contributed by atoms with Crippen LogP contribution >= 0.6 is 17.9 Å². The second kappa shape index (κ2) is 11.1. The van der Waals surface area contributed by atoms with Gasteiger partial charge in [-0.25, -0.2) is 0 Å². The van der Waals surface area contributed by atoms with E-state index in [4.69, 9.17) is 9.79 Å². The monoisotopic (exact) mass is 274 g/mol. The molecule has 0 atom stereocenters. The summed E-state index contributed by atoms with van der Waals surface area (Å²) in [5, 5.41) is 0. The van der Waals surface area contributed by atoms with E-state index in [-0.39, 0.29) is 12.3 Å². The number of rotatable bonds is 1. The smallest absolute Gasteiger partial charge is 0.239 e. The normalized spacial score (nSPS) is 16.2. The van der Waals surface area contributed by atoms with Crippen molar-refractivity contribution in [2.45, 2.75) is 32.1 Å². The highest BCUT2D eigenvalue weighted by atomic mass is 32.9. The Balaban J connectivity index is -0.000000185. The van der Waals surface area contributed by atoms with Crippen LogP contribution in [0, 0.1) is 5.92 Å². The van der Waals surface area contributed by atoms with Crippen LogP contribution in [0.5, 0.6) is 0 Å². The predicted octanol–water partition coefficient (Wildman–Crippen LogP) is 3.20. The van der Waals surface area contributed by atoms with Crippen molar-refractivity contribution in [3.05, 3.63) is 12.7 Å². The largest absolute Gasteiger partial charge is 0.344 e. The Morgan fingerprint density at radius 1 is 1.20 bits per heavy atom. The number of hydrogen-bond acceptors (Lipinski definition) is 3. The molecule has 0 bridgehead atoms. The lowest BCUT2D eigenvalue weighted by Gasteiger charge is -2.16. The van der Waals surface area contributed by atoms with E-state index in [0.717, 1.165) is 5.92 Å². The Morgan fingerprint density at radius 2 is 1.53 bits per heavy atom. The van der Waals surface area contributed by atoms with E-state index in [1.165, 1.54) is 32.1 Å². The average molecular weight is 274 g/mol. The molecule has 1 aliphatic rings. The molecule has 94 valence electrons. The quantitative estimate of drug-likeness (QED) is 0.286. The van der Waals surface area contributed by atoms with E-state index in [1.807, 2.05) is 0 Å². The van der Waals surface area contributed by atoms with Crippen LogP contribution in [0.1, 0.15) is 32.1 Å². The summed E-state index contributed by atoms with van der Waals surface area (Å²) >= 11 is 7.07. The molecule has 0 unspecified atom stereocenters. The van der Waals surface area contributed by atoms with Crippen LogP contribution in [0.25, 0.3) is 0 Å². The van der Waals surface area contributed by atoms with Gasteiger partial charge in [-0.2, -0.15) is 0 Å². The molecule has 1 aliphatic carbocycles. The summed E-state index contributed by atoms with van der Waals surface area (Å²) < 4.78 is 0. The Labute approximate surface area is 103 Å². The average Bonchev–Trinajstić information content (AvgIpc) is 2.03. The Hall–Kier alpha value is 0.580. The molecule has 0 spiro atoms. The third-order valence-corrected chi connectivity index (χ3v) is 1.98. The Bertz CT molecular complexity index is 185. The fourth-order valence-corrected chi connectivity index (χ4v) is 1.37. The van der Waals surface area contributed by atoms with Gasteiger partial charge in [0.25, 0.3) is 0 Å². The summed E-state index contributed by atoms with van der Waals surface area (Å²) in [7, 11) is 0. The zero-order chi connectivity index (χ0) is 10.3. The van der Waals surface area contributed by atoms with Crippen LogP contribution in [0.15, 0.2) is 12.7 Å². The zero-order valence-electron chi connectivity index (χ0n) is 9.01. The maximum atomic E-state index is 7.87. The molecule has 0 aromatic heterocycles. The van der Waals surface area contributed by atoms with Gasteiger partial charge in [-0.05, 0) is 30.6 Å². The van der Waals surface area contributed by atoms with Crippen molar-refractivity contribution in [2.75, 3.05) is 0 Å². The molecule has 0 amide bonds. The summed E-state index contributed by atoms with van der Waals surface area (Å²) in [5.74, 6) is 0.851. The van der Waals surface area contributed by atoms with E-state index in [2.05, 4.69) is 36.7 Å². The molecule has 0 aromatic rings. The van der Waals surface area contributed by atoms with Crippen LogP contribution in [-0.2, 0) is 11.8 Å². The van der Waals surface area contributed by atoms with Gasteiger partial charge in [0, 0.05) is 0 Å². The molecule has 15 heavy (non-hydrogen) atoms. The Morgan fingerprint density at radius 3 is 1.73 bits per heavy atom. The molecule has 0 saturated heterocycles. The molecule has 0 radical (unpaired) electrons. The summed E-state index contributed by atoms with van der Waals surface area (Å²) in [5.41, 5.74) is -3.11. The fraction of sp³-hybridized carbons (Fsp3) is 0.750. The number of allylic oxidation sites excluding steroid dienone is 1. The van der Waals surface area contributed by atoms with Gasteiger partial charge in [0.15, 0.2) is 0 Å². The second-order valence-corrected chi connectivity index (χ2v) is 8.19. The van der Waals surface area contributed by atoms with E-state index in [1.54, 1.807) is 0 Å². The minimum Gasteiger partial charge on any atom is -0.344 e. The lowest BCUT2D eigenvalue weighted by atomic mass is 9.90. The first-order valence-corrected chi connectivity index (χ1v) is 8.20. The lowest BCUT2D eigenvalue weighted by molar-refractivity contribution is 0.420. The molecule has 1 fully saturated rings. The van der Waals surface area contributed by atoms with Gasteiger partial charge < -0.3 is 22.1 Å². The molecular formula is C8H23N2O2PS2. The third kappa shape index (κ3) is 20.6. The van der Waals surface area contributed by atoms with Crippen molar-refractivity contribution >= 4 is 29.7 Å². The van der Waals surface area contributed by atoms with Crippen LogP contribution in [-0.4, -0.2) is 9.79 Å². The summed E-state index contributed by atoms with van der Waals surface area (Å²) in [6.07, 6.45) is 9.20. The van der Waals surface area contributed by atoms with Crippen molar-refractivity contribution in [3.8, 4) is 0 Å². The van der Waals surface area contributed by atoms with Gasteiger partial charge in [-0.1, -0.05) is 37.6 Å². The highest BCUT2D eigenvalue weighted by Gasteiger charge is 2.07. The maximum Gasteiger partial charge on any atom is 0.239 e. The summed E-state index contributed by atoms with van der Waals surface area (Å²) in [6.45, 7) is 3.78. The highest BCUT2D eigenvalue weighted by molar-refractivity contribution is 8.59. The van der Waals surface area contributed by atoms with Gasteiger partial charge in [-0.15, -0.1) is 6.58 Å². The van der Waals surface area contributed by atoms with Crippen LogP contribution in [0.3, 0.4) is 0 Å². The zero-order valence-corrected chi connectivity index (χ0v) is 11.6. The molecule has 0 heterocycles. The van der Waals surface area contributed by atoms with Crippen molar-refractivity contribution in [1.29, 1.82) is 0 Å². The SMILES string of the molecule is C=CC1CCCCC1.N.N.OP(O)(=S)S. The van der Waals surface area contributed by atoms with E-state index < -0.39 is 5.69 Å². The minimum atomic E-state index is -3.11. The van der Waals surface area contributed by atoms with Gasteiger partial charge >= 0.3 is 0 Å². The molecule has 1 rings (SSSR count). The predicted molar refractivity (Wildman–Crippen MR) is 74.5 cm³/mol.